The molecule has 0 aliphatic rings. The normalized spacial score (nSPS) is 12.5. The van der Waals surface area contributed by atoms with Crippen LogP contribution in [0.1, 0.15) is 6.92 Å². The molecule has 0 fully saturated rings. The third-order valence-electron chi connectivity index (χ3n) is 0.516. The molecule has 0 aromatic carbocycles. The predicted molar refractivity (Wildman–Crippen MR) is 37.9 cm³/mol. The van der Waals surface area contributed by atoms with Gasteiger partial charge >= 0.3 is 0 Å². The van der Waals surface area contributed by atoms with Gasteiger partial charge in [0.25, 0.3) is 0 Å². The first-order chi connectivity index (χ1) is 3.77. The van der Waals surface area contributed by atoms with Gasteiger partial charge in [-0.2, -0.15) is 0 Å². The summed E-state index contributed by atoms with van der Waals surface area (Å²) in [6.45, 7) is 1.90. The number of carbonyl (C=O) groups excluding carboxylic acids is 1. The predicted octanol–water partition coefficient (Wildman–Crippen LogP) is 2.04. The van der Waals surface area contributed by atoms with Gasteiger partial charge in [0.05, 0.1) is 0 Å². The summed E-state index contributed by atoms with van der Waals surface area (Å²) >= 11 is 3.20. The van der Waals surface area contributed by atoms with Gasteiger partial charge in [-0.05, 0) is 17.5 Å². The second-order valence-electron chi connectivity index (χ2n) is 1.27. The van der Waals surface area contributed by atoms with Gasteiger partial charge in [-0.15, -0.1) is 0 Å². The van der Waals surface area contributed by atoms with Crippen molar-refractivity contribution < 1.29 is 4.79 Å². The first kappa shape index (κ1) is 7.63. The molecular formula is C6H7BrO. The van der Waals surface area contributed by atoms with Gasteiger partial charge in [0, 0.05) is 0 Å². The average molecular weight is 175 g/mol. The molecule has 0 saturated carbocycles. The van der Waals surface area contributed by atoms with Gasteiger partial charge in [0.15, 0.2) is 0 Å². The molecule has 0 unspecified atom stereocenters. The molecular weight excluding hydrogens is 168 g/mol. The first-order valence-corrected chi connectivity index (χ1v) is 3.01. The maximum atomic E-state index is 9.65. The van der Waals surface area contributed by atoms with E-state index in [2.05, 4.69) is 15.9 Å². The van der Waals surface area contributed by atoms with Crippen molar-refractivity contribution in [2.45, 2.75) is 6.92 Å². The molecule has 0 aromatic heterocycles. The lowest BCUT2D eigenvalue weighted by molar-refractivity contribution is -0.104. The van der Waals surface area contributed by atoms with E-state index in [1.165, 1.54) is 6.08 Å². The Labute approximate surface area is 57.2 Å². The Morgan fingerprint density at radius 2 is 2.12 bits per heavy atom. The SMILES string of the molecule is C/C(Br)=C\C=C\C=O. The molecule has 44 valence electrons. The van der Waals surface area contributed by atoms with Crippen molar-refractivity contribution in [3.63, 3.8) is 0 Å². The lowest BCUT2D eigenvalue weighted by atomic mass is 10.5. The van der Waals surface area contributed by atoms with Crippen LogP contribution in [0.25, 0.3) is 0 Å². The largest absolute Gasteiger partial charge is 0.299 e. The maximum Gasteiger partial charge on any atom is 0.142 e. The van der Waals surface area contributed by atoms with E-state index in [9.17, 15) is 4.79 Å². The molecule has 0 spiro atoms. The Hall–Kier alpha value is -0.370. The molecule has 0 N–H and O–H groups in total. The Morgan fingerprint density at radius 3 is 2.50 bits per heavy atom. The quantitative estimate of drug-likeness (QED) is 0.356. The second-order valence-corrected chi connectivity index (χ2v) is 2.53. The summed E-state index contributed by atoms with van der Waals surface area (Å²) in [6.07, 6.45) is 5.66. The van der Waals surface area contributed by atoms with Gasteiger partial charge in [-0.3, -0.25) is 4.79 Å². The van der Waals surface area contributed by atoms with Crippen molar-refractivity contribution >= 4 is 22.2 Å². The highest BCUT2D eigenvalue weighted by Gasteiger charge is 1.69. The number of rotatable bonds is 2. The van der Waals surface area contributed by atoms with Gasteiger partial charge in [-0.1, -0.05) is 28.1 Å². The first-order valence-electron chi connectivity index (χ1n) is 2.21. The molecule has 8 heavy (non-hydrogen) atoms. The van der Waals surface area contributed by atoms with E-state index in [1.54, 1.807) is 12.2 Å². The van der Waals surface area contributed by atoms with Crippen molar-refractivity contribution in [1.29, 1.82) is 0 Å². The summed E-state index contributed by atoms with van der Waals surface area (Å²) < 4.78 is 1.01. The summed E-state index contributed by atoms with van der Waals surface area (Å²) in [4.78, 5) is 9.65. The topological polar surface area (TPSA) is 17.1 Å². The van der Waals surface area contributed by atoms with Gasteiger partial charge < -0.3 is 0 Å². The standard InChI is InChI=1S/C6H7BrO/c1-6(7)4-2-3-5-8/h2-5H,1H3/b3-2+,6-4+. The number of hydrogen-bond acceptors (Lipinski definition) is 1. The van der Waals surface area contributed by atoms with E-state index in [4.69, 9.17) is 0 Å². The molecule has 0 amide bonds. The highest BCUT2D eigenvalue weighted by atomic mass is 79.9. The van der Waals surface area contributed by atoms with E-state index in [1.807, 2.05) is 6.92 Å². The molecule has 0 aliphatic carbocycles. The number of allylic oxidation sites excluding steroid dienone is 4. The monoisotopic (exact) mass is 174 g/mol. The van der Waals surface area contributed by atoms with Crippen molar-refractivity contribution in [3.05, 3.63) is 22.7 Å². The Bertz CT molecular complexity index is 120. The van der Waals surface area contributed by atoms with Gasteiger partial charge in [0.1, 0.15) is 6.29 Å². The van der Waals surface area contributed by atoms with Crippen LogP contribution in [-0.4, -0.2) is 6.29 Å². The van der Waals surface area contributed by atoms with Crippen LogP contribution in [0.5, 0.6) is 0 Å². The minimum atomic E-state index is 0.742. The Morgan fingerprint density at radius 1 is 1.50 bits per heavy atom. The average Bonchev–Trinajstić information content (AvgIpc) is 1.66. The molecule has 1 nitrogen and oxygen atoms in total. The Kier molecular flexibility index (Phi) is 4.56. The van der Waals surface area contributed by atoms with E-state index in [0.717, 1.165) is 10.8 Å². The van der Waals surface area contributed by atoms with Crippen LogP contribution in [0.3, 0.4) is 0 Å². The molecule has 0 bridgehead atoms. The van der Waals surface area contributed by atoms with Crippen LogP contribution in [-0.2, 0) is 4.79 Å². The summed E-state index contributed by atoms with van der Waals surface area (Å²) in [5.74, 6) is 0. The molecule has 0 saturated heterocycles. The number of halogens is 1. The van der Waals surface area contributed by atoms with Crippen LogP contribution in [0.4, 0.5) is 0 Å². The van der Waals surface area contributed by atoms with E-state index >= 15 is 0 Å². The van der Waals surface area contributed by atoms with Gasteiger partial charge in [0.2, 0.25) is 0 Å². The molecule has 0 aliphatic heterocycles. The smallest absolute Gasteiger partial charge is 0.142 e. The van der Waals surface area contributed by atoms with E-state index in [0.29, 0.717) is 0 Å². The summed E-state index contributed by atoms with van der Waals surface area (Å²) in [5.41, 5.74) is 0. The third kappa shape index (κ3) is 5.63. The molecule has 2 heteroatoms. The third-order valence-corrected chi connectivity index (χ3v) is 0.780. The van der Waals surface area contributed by atoms with Crippen LogP contribution >= 0.6 is 15.9 Å². The zero-order valence-electron chi connectivity index (χ0n) is 4.60. The highest BCUT2D eigenvalue weighted by Crippen LogP contribution is 2.00. The maximum absolute atomic E-state index is 9.65. The van der Waals surface area contributed by atoms with Crippen molar-refractivity contribution in [3.8, 4) is 0 Å². The molecule has 0 radical (unpaired) electrons. The van der Waals surface area contributed by atoms with Gasteiger partial charge in [-0.25, -0.2) is 0 Å². The van der Waals surface area contributed by atoms with Crippen molar-refractivity contribution in [1.82, 2.24) is 0 Å². The van der Waals surface area contributed by atoms with Crippen LogP contribution < -0.4 is 0 Å². The number of aldehydes is 1. The fraction of sp³-hybridized carbons (Fsp3) is 0.167. The minimum Gasteiger partial charge on any atom is -0.299 e. The summed E-state index contributed by atoms with van der Waals surface area (Å²) in [5, 5.41) is 0. The Balaban J connectivity index is 3.57. The van der Waals surface area contributed by atoms with Crippen LogP contribution in [0, 0.1) is 0 Å². The van der Waals surface area contributed by atoms with Crippen LogP contribution in [0.2, 0.25) is 0 Å². The zero-order chi connectivity index (χ0) is 6.41. The van der Waals surface area contributed by atoms with Crippen molar-refractivity contribution in [2.24, 2.45) is 0 Å². The number of hydrogen-bond donors (Lipinski definition) is 0. The molecule has 0 aromatic rings. The minimum absolute atomic E-state index is 0.742. The fourth-order valence-electron chi connectivity index (χ4n) is 0.234. The van der Waals surface area contributed by atoms with E-state index < -0.39 is 0 Å². The van der Waals surface area contributed by atoms with Crippen molar-refractivity contribution in [2.75, 3.05) is 0 Å². The van der Waals surface area contributed by atoms with E-state index in [-0.39, 0.29) is 0 Å². The zero-order valence-corrected chi connectivity index (χ0v) is 6.18. The molecule has 0 heterocycles. The highest BCUT2D eigenvalue weighted by molar-refractivity contribution is 9.11. The molecule has 0 rings (SSSR count). The summed E-state index contributed by atoms with van der Waals surface area (Å²) in [6, 6.07) is 0. The lowest BCUT2D eigenvalue weighted by Crippen LogP contribution is -1.57. The second kappa shape index (κ2) is 4.78. The summed E-state index contributed by atoms with van der Waals surface area (Å²) in [7, 11) is 0. The lowest BCUT2D eigenvalue weighted by Gasteiger charge is -1.75. The fourth-order valence-corrected chi connectivity index (χ4v) is 0.386. The number of carbonyl (C=O) groups is 1. The van der Waals surface area contributed by atoms with Crippen LogP contribution in [0.15, 0.2) is 22.7 Å². The molecule has 0 atom stereocenters.